The molecule has 0 bridgehead atoms. The molecule has 6 heteroatoms. The van der Waals surface area contributed by atoms with E-state index < -0.39 is 0 Å². The van der Waals surface area contributed by atoms with E-state index in [4.69, 9.17) is 9.47 Å². The first-order valence-electron chi connectivity index (χ1n) is 8.16. The van der Waals surface area contributed by atoms with Crippen LogP contribution < -0.4 is 19.7 Å². The van der Waals surface area contributed by atoms with Crippen LogP contribution >= 0.6 is 0 Å². The molecule has 2 aromatic rings. The maximum absolute atomic E-state index is 5.34. The predicted molar refractivity (Wildman–Crippen MR) is 97.2 cm³/mol. The summed E-state index contributed by atoms with van der Waals surface area (Å²) in [7, 11) is 3.27. The average molecular weight is 330 g/mol. The van der Waals surface area contributed by atoms with Crippen molar-refractivity contribution in [3.63, 3.8) is 0 Å². The summed E-state index contributed by atoms with van der Waals surface area (Å²) in [6.07, 6.45) is 0. The zero-order chi connectivity index (χ0) is 17.5. The van der Waals surface area contributed by atoms with Crippen molar-refractivity contribution >= 4 is 11.8 Å². The number of nitrogens with one attached hydrogen (secondary N) is 1. The van der Waals surface area contributed by atoms with Crippen molar-refractivity contribution in [2.45, 2.75) is 27.3 Å². The molecule has 1 aromatic carbocycles. The van der Waals surface area contributed by atoms with Gasteiger partial charge in [-0.1, -0.05) is 6.07 Å². The summed E-state index contributed by atoms with van der Waals surface area (Å²) in [6.45, 7) is 8.60. The SMILES string of the molecule is CCN(CC)c1nc(C)cc(NCc2ccc(OC)c(OC)c2)n1. The highest BCUT2D eigenvalue weighted by Gasteiger charge is 2.09. The Hall–Kier alpha value is -2.50. The standard InChI is InChI=1S/C18H26N4O2/c1-6-22(7-2)18-20-13(3)10-17(21-18)19-12-14-8-9-15(23-4)16(11-14)24-5/h8-11H,6-7,12H2,1-5H3,(H,19,20,21). The third-order valence-corrected chi connectivity index (χ3v) is 3.81. The van der Waals surface area contributed by atoms with Crippen LogP contribution in [0.1, 0.15) is 25.1 Å². The highest BCUT2D eigenvalue weighted by molar-refractivity contribution is 5.46. The number of ether oxygens (including phenoxy) is 2. The fourth-order valence-electron chi connectivity index (χ4n) is 2.47. The molecule has 1 N–H and O–H groups in total. The minimum Gasteiger partial charge on any atom is -0.493 e. The quantitative estimate of drug-likeness (QED) is 0.802. The van der Waals surface area contributed by atoms with Crippen LogP contribution in [0.5, 0.6) is 11.5 Å². The second kappa shape index (κ2) is 8.38. The molecular formula is C18H26N4O2. The fraction of sp³-hybridized carbons (Fsp3) is 0.444. The minimum atomic E-state index is 0.647. The van der Waals surface area contributed by atoms with Crippen molar-refractivity contribution < 1.29 is 9.47 Å². The Morgan fingerprint density at radius 2 is 1.71 bits per heavy atom. The molecule has 6 nitrogen and oxygen atoms in total. The molecule has 0 atom stereocenters. The topological polar surface area (TPSA) is 59.5 Å². The Kier molecular flexibility index (Phi) is 6.23. The van der Waals surface area contributed by atoms with E-state index in [0.29, 0.717) is 6.54 Å². The molecule has 24 heavy (non-hydrogen) atoms. The summed E-state index contributed by atoms with van der Waals surface area (Å²) in [5, 5.41) is 3.36. The maximum Gasteiger partial charge on any atom is 0.227 e. The lowest BCUT2D eigenvalue weighted by molar-refractivity contribution is 0.354. The molecule has 130 valence electrons. The molecule has 0 saturated heterocycles. The monoisotopic (exact) mass is 330 g/mol. The van der Waals surface area contributed by atoms with Gasteiger partial charge in [0.25, 0.3) is 0 Å². The van der Waals surface area contributed by atoms with E-state index in [1.54, 1.807) is 14.2 Å². The van der Waals surface area contributed by atoms with E-state index >= 15 is 0 Å². The molecular weight excluding hydrogens is 304 g/mol. The van der Waals surface area contributed by atoms with Gasteiger partial charge in [-0.2, -0.15) is 4.98 Å². The van der Waals surface area contributed by atoms with E-state index in [1.807, 2.05) is 31.2 Å². The molecule has 2 rings (SSSR count). The van der Waals surface area contributed by atoms with Crippen molar-refractivity contribution in [1.29, 1.82) is 0 Å². The minimum absolute atomic E-state index is 0.647. The number of aromatic nitrogens is 2. The van der Waals surface area contributed by atoms with Crippen LogP contribution in [0.4, 0.5) is 11.8 Å². The molecule has 0 saturated carbocycles. The van der Waals surface area contributed by atoms with Crippen molar-refractivity contribution in [3.05, 3.63) is 35.5 Å². The highest BCUT2D eigenvalue weighted by Crippen LogP contribution is 2.27. The van der Waals surface area contributed by atoms with Gasteiger partial charge in [-0.3, -0.25) is 0 Å². The van der Waals surface area contributed by atoms with E-state index in [2.05, 4.69) is 34.0 Å². The lowest BCUT2D eigenvalue weighted by atomic mass is 10.2. The van der Waals surface area contributed by atoms with Crippen molar-refractivity contribution in [3.8, 4) is 11.5 Å². The molecule has 0 unspecified atom stereocenters. The number of hydrogen-bond donors (Lipinski definition) is 1. The van der Waals surface area contributed by atoms with Crippen LogP contribution in [0.25, 0.3) is 0 Å². The van der Waals surface area contributed by atoms with Crippen molar-refractivity contribution in [2.24, 2.45) is 0 Å². The van der Waals surface area contributed by atoms with Crippen LogP contribution in [0.2, 0.25) is 0 Å². The first-order chi connectivity index (χ1) is 11.6. The first kappa shape index (κ1) is 17.8. The molecule has 0 spiro atoms. The Morgan fingerprint density at radius 1 is 1.00 bits per heavy atom. The van der Waals surface area contributed by atoms with Gasteiger partial charge < -0.3 is 19.7 Å². The Balaban J connectivity index is 2.14. The van der Waals surface area contributed by atoms with E-state index in [-0.39, 0.29) is 0 Å². The second-order valence-electron chi connectivity index (χ2n) is 5.41. The van der Waals surface area contributed by atoms with Gasteiger partial charge in [0, 0.05) is 31.4 Å². The number of rotatable bonds is 8. The number of hydrogen-bond acceptors (Lipinski definition) is 6. The Morgan fingerprint density at radius 3 is 2.33 bits per heavy atom. The van der Waals surface area contributed by atoms with E-state index in [1.165, 1.54) is 0 Å². The van der Waals surface area contributed by atoms with Gasteiger partial charge in [0.05, 0.1) is 14.2 Å². The second-order valence-corrected chi connectivity index (χ2v) is 5.41. The smallest absolute Gasteiger partial charge is 0.227 e. The lowest BCUT2D eigenvalue weighted by Crippen LogP contribution is -2.24. The third kappa shape index (κ3) is 4.28. The van der Waals surface area contributed by atoms with Crippen LogP contribution in [0.3, 0.4) is 0 Å². The van der Waals surface area contributed by atoms with Gasteiger partial charge in [-0.25, -0.2) is 4.98 Å². The van der Waals surface area contributed by atoms with Gasteiger partial charge in [0.15, 0.2) is 11.5 Å². The van der Waals surface area contributed by atoms with Crippen LogP contribution in [0.15, 0.2) is 24.3 Å². The van der Waals surface area contributed by atoms with Gasteiger partial charge in [0.1, 0.15) is 5.82 Å². The summed E-state index contributed by atoms with van der Waals surface area (Å²) < 4.78 is 10.6. The number of methoxy groups -OCH3 is 2. The summed E-state index contributed by atoms with van der Waals surface area (Å²) >= 11 is 0. The van der Waals surface area contributed by atoms with E-state index in [9.17, 15) is 0 Å². The maximum atomic E-state index is 5.34. The molecule has 1 heterocycles. The summed E-state index contributed by atoms with van der Waals surface area (Å²) in [5.74, 6) is 3.02. The molecule has 0 aliphatic heterocycles. The molecule has 1 aromatic heterocycles. The largest absolute Gasteiger partial charge is 0.493 e. The van der Waals surface area contributed by atoms with Gasteiger partial charge in [0.2, 0.25) is 5.95 Å². The van der Waals surface area contributed by atoms with Crippen molar-refractivity contribution in [2.75, 3.05) is 37.5 Å². The van der Waals surface area contributed by atoms with Crippen LogP contribution in [-0.2, 0) is 6.54 Å². The zero-order valence-corrected chi connectivity index (χ0v) is 15.1. The number of anilines is 2. The zero-order valence-electron chi connectivity index (χ0n) is 15.1. The van der Waals surface area contributed by atoms with Crippen LogP contribution in [0, 0.1) is 6.92 Å². The normalized spacial score (nSPS) is 10.4. The summed E-state index contributed by atoms with van der Waals surface area (Å²) in [6, 6.07) is 7.83. The lowest BCUT2D eigenvalue weighted by Gasteiger charge is -2.19. The van der Waals surface area contributed by atoms with Crippen molar-refractivity contribution in [1.82, 2.24) is 9.97 Å². The molecule has 0 fully saturated rings. The third-order valence-electron chi connectivity index (χ3n) is 3.81. The summed E-state index contributed by atoms with van der Waals surface area (Å²) in [4.78, 5) is 11.3. The molecule has 0 aliphatic carbocycles. The first-order valence-corrected chi connectivity index (χ1v) is 8.16. The molecule has 0 aliphatic rings. The average Bonchev–Trinajstić information content (AvgIpc) is 2.60. The van der Waals surface area contributed by atoms with E-state index in [0.717, 1.165) is 47.6 Å². The predicted octanol–water partition coefficient (Wildman–Crippen LogP) is 3.26. The van der Waals surface area contributed by atoms with Gasteiger partial charge >= 0.3 is 0 Å². The Bertz CT molecular complexity index is 672. The van der Waals surface area contributed by atoms with Gasteiger partial charge in [-0.15, -0.1) is 0 Å². The van der Waals surface area contributed by atoms with Crippen LogP contribution in [-0.4, -0.2) is 37.3 Å². The Labute approximate surface area is 143 Å². The summed E-state index contributed by atoms with van der Waals surface area (Å²) in [5.41, 5.74) is 2.04. The number of aryl methyl sites for hydroxylation is 1. The highest BCUT2D eigenvalue weighted by atomic mass is 16.5. The number of benzene rings is 1. The molecule has 0 amide bonds. The fourth-order valence-corrected chi connectivity index (χ4v) is 2.47. The number of nitrogens with zero attached hydrogens (tertiary/aromatic N) is 3. The van der Waals surface area contributed by atoms with Gasteiger partial charge in [-0.05, 0) is 38.5 Å². The molecule has 0 radical (unpaired) electrons.